The molecule has 0 aliphatic carbocycles. The Labute approximate surface area is 165 Å². The molecule has 0 bridgehead atoms. The van der Waals surface area contributed by atoms with Gasteiger partial charge in [-0.3, -0.25) is 4.79 Å². The van der Waals surface area contributed by atoms with Gasteiger partial charge in [0.05, 0.1) is 12.0 Å². The molecule has 1 amide bonds. The number of carbonyl (C=O) groups is 1. The Kier molecular flexibility index (Phi) is 4.67. The molecule has 2 heterocycles. The second kappa shape index (κ2) is 6.90. The fourth-order valence-electron chi connectivity index (χ4n) is 4.14. The number of carbonyl (C=O) groups excluding carboxylic acids is 1. The fourth-order valence-corrected chi connectivity index (χ4v) is 5.73. The molecular weight excluding hydrogens is 376 g/mol. The number of hydrogen-bond donors (Lipinski definition) is 0. The average Bonchev–Trinajstić information content (AvgIpc) is 3.26. The maximum atomic E-state index is 13.1. The smallest absolute Gasteiger partial charge is 0.243 e. The summed E-state index contributed by atoms with van der Waals surface area (Å²) in [5.74, 6) is 0.570. The highest BCUT2D eigenvalue weighted by Gasteiger charge is 2.50. The normalized spacial score (nSPS) is 22.9. The Hall–Kier alpha value is -2.38. The van der Waals surface area contributed by atoms with Gasteiger partial charge in [-0.2, -0.15) is 4.31 Å². The summed E-state index contributed by atoms with van der Waals surface area (Å²) in [6.45, 7) is 3.35. The second-order valence-corrected chi connectivity index (χ2v) is 9.70. The number of ether oxygens (including phenoxy) is 1. The third-order valence-corrected chi connectivity index (χ3v) is 7.59. The van der Waals surface area contributed by atoms with E-state index in [0.29, 0.717) is 38.2 Å². The fraction of sp³-hybridized carbons (Fsp3) is 0.381. The summed E-state index contributed by atoms with van der Waals surface area (Å²) in [4.78, 5) is 14.7. The van der Waals surface area contributed by atoms with Gasteiger partial charge < -0.3 is 9.64 Å². The summed E-state index contributed by atoms with van der Waals surface area (Å²) >= 11 is 0. The summed E-state index contributed by atoms with van der Waals surface area (Å²) in [5.41, 5.74) is 1.69. The standard InChI is InChI=1S/C21H24N2O4S/c1-16-6-8-17(9-7-16)23-15-21(13-20(23)24)10-11-22(14-21)28(25,26)19-5-3-4-18(12-19)27-2/h3-9,12H,10-11,13-15H2,1-2H3. The zero-order valence-corrected chi connectivity index (χ0v) is 16.9. The largest absolute Gasteiger partial charge is 0.497 e. The first-order valence-electron chi connectivity index (χ1n) is 9.34. The van der Waals surface area contributed by atoms with Crippen molar-refractivity contribution in [1.29, 1.82) is 0 Å². The van der Waals surface area contributed by atoms with Crippen LogP contribution in [0.25, 0.3) is 0 Å². The van der Waals surface area contributed by atoms with Crippen LogP contribution in [0.15, 0.2) is 53.4 Å². The zero-order valence-electron chi connectivity index (χ0n) is 16.1. The van der Waals surface area contributed by atoms with Crippen LogP contribution < -0.4 is 9.64 Å². The summed E-state index contributed by atoms with van der Waals surface area (Å²) in [6, 6.07) is 14.4. The molecule has 1 spiro atoms. The first kappa shape index (κ1) is 19.0. The Morgan fingerprint density at radius 1 is 1.07 bits per heavy atom. The summed E-state index contributed by atoms with van der Waals surface area (Å²) in [6.07, 6.45) is 1.06. The molecule has 2 aromatic rings. The minimum Gasteiger partial charge on any atom is -0.497 e. The van der Waals surface area contributed by atoms with E-state index >= 15 is 0 Å². The monoisotopic (exact) mass is 400 g/mol. The van der Waals surface area contributed by atoms with Crippen LogP contribution in [0.2, 0.25) is 0 Å². The average molecular weight is 401 g/mol. The van der Waals surface area contributed by atoms with Gasteiger partial charge in [0.25, 0.3) is 0 Å². The van der Waals surface area contributed by atoms with Gasteiger partial charge in [-0.15, -0.1) is 0 Å². The van der Waals surface area contributed by atoms with E-state index in [4.69, 9.17) is 4.74 Å². The lowest BCUT2D eigenvalue weighted by atomic mass is 9.86. The number of hydrogen-bond acceptors (Lipinski definition) is 4. The van der Waals surface area contributed by atoms with Gasteiger partial charge in [-0.05, 0) is 37.6 Å². The van der Waals surface area contributed by atoms with Gasteiger partial charge in [-0.25, -0.2) is 8.42 Å². The first-order valence-corrected chi connectivity index (χ1v) is 10.8. The van der Waals surface area contributed by atoms with E-state index in [1.807, 2.05) is 31.2 Å². The number of rotatable bonds is 4. The molecule has 7 heteroatoms. The van der Waals surface area contributed by atoms with Crippen molar-refractivity contribution in [2.45, 2.75) is 24.7 Å². The minimum absolute atomic E-state index is 0.0597. The number of anilines is 1. The van der Waals surface area contributed by atoms with Crippen molar-refractivity contribution >= 4 is 21.6 Å². The van der Waals surface area contributed by atoms with Crippen molar-refractivity contribution in [2.75, 3.05) is 31.6 Å². The molecule has 2 aromatic carbocycles. The number of aryl methyl sites for hydroxylation is 1. The van der Waals surface area contributed by atoms with E-state index in [0.717, 1.165) is 11.3 Å². The Balaban J connectivity index is 1.55. The van der Waals surface area contributed by atoms with E-state index in [2.05, 4.69) is 0 Å². The van der Waals surface area contributed by atoms with Crippen LogP contribution in [0.1, 0.15) is 18.4 Å². The van der Waals surface area contributed by atoms with Crippen molar-refractivity contribution in [2.24, 2.45) is 5.41 Å². The second-order valence-electron chi connectivity index (χ2n) is 7.76. The lowest BCUT2D eigenvalue weighted by Crippen LogP contribution is -2.34. The maximum Gasteiger partial charge on any atom is 0.243 e. The van der Waals surface area contributed by atoms with Gasteiger partial charge in [0, 0.05) is 43.2 Å². The SMILES string of the molecule is COc1cccc(S(=O)(=O)N2CCC3(CC(=O)N(c4ccc(C)cc4)C3)C2)c1. The zero-order chi connectivity index (χ0) is 19.9. The van der Waals surface area contributed by atoms with Crippen LogP contribution in [0, 0.1) is 12.3 Å². The molecule has 0 N–H and O–H groups in total. The minimum atomic E-state index is -3.62. The Morgan fingerprint density at radius 2 is 1.82 bits per heavy atom. The summed E-state index contributed by atoms with van der Waals surface area (Å²) in [7, 11) is -2.10. The van der Waals surface area contributed by atoms with Crippen LogP contribution >= 0.6 is 0 Å². The van der Waals surface area contributed by atoms with Gasteiger partial charge in [0.1, 0.15) is 5.75 Å². The van der Waals surface area contributed by atoms with Crippen molar-refractivity contribution in [3.8, 4) is 5.75 Å². The van der Waals surface area contributed by atoms with Crippen molar-refractivity contribution in [3.63, 3.8) is 0 Å². The third-order valence-electron chi connectivity index (χ3n) is 5.75. The highest BCUT2D eigenvalue weighted by molar-refractivity contribution is 7.89. The molecule has 2 saturated heterocycles. The Morgan fingerprint density at radius 3 is 2.54 bits per heavy atom. The van der Waals surface area contributed by atoms with Crippen LogP contribution in [0.3, 0.4) is 0 Å². The van der Waals surface area contributed by atoms with E-state index < -0.39 is 10.0 Å². The van der Waals surface area contributed by atoms with Gasteiger partial charge in [0.15, 0.2) is 0 Å². The number of nitrogens with zero attached hydrogens (tertiary/aromatic N) is 2. The van der Waals surface area contributed by atoms with Crippen LogP contribution in [-0.2, 0) is 14.8 Å². The van der Waals surface area contributed by atoms with Crippen molar-refractivity contribution in [3.05, 3.63) is 54.1 Å². The molecule has 0 radical (unpaired) electrons. The molecule has 2 fully saturated rings. The van der Waals surface area contributed by atoms with Crippen LogP contribution in [-0.4, -0.2) is 45.4 Å². The molecule has 1 unspecified atom stereocenters. The summed E-state index contributed by atoms with van der Waals surface area (Å²) < 4.78 is 32.8. The van der Waals surface area contributed by atoms with Crippen LogP contribution in [0.4, 0.5) is 5.69 Å². The molecule has 148 valence electrons. The van der Waals surface area contributed by atoms with E-state index in [1.54, 1.807) is 29.2 Å². The van der Waals surface area contributed by atoms with E-state index in [1.165, 1.54) is 11.4 Å². The van der Waals surface area contributed by atoms with E-state index in [9.17, 15) is 13.2 Å². The molecule has 1 atom stereocenters. The molecule has 6 nitrogen and oxygen atoms in total. The highest BCUT2D eigenvalue weighted by atomic mass is 32.2. The van der Waals surface area contributed by atoms with Gasteiger partial charge in [0.2, 0.25) is 15.9 Å². The number of benzene rings is 2. The quantitative estimate of drug-likeness (QED) is 0.792. The maximum absolute atomic E-state index is 13.1. The Bertz CT molecular complexity index is 1000. The number of methoxy groups -OCH3 is 1. The van der Waals surface area contributed by atoms with Gasteiger partial charge in [-0.1, -0.05) is 23.8 Å². The molecule has 0 saturated carbocycles. The van der Waals surface area contributed by atoms with Crippen LogP contribution in [0.5, 0.6) is 5.75 Å². The topological polar surface area (TPSA) is 66.9 Å². The lowest BCUT2D eigenvalue weighted by Gasteiger charge is -2.24. The molecule has 4 rings (SSSR count). The van der Waals surface area contributed by atoms with E-state index in [-0.39, 0.29) is 16.2 Å². The molecule has 28 heavy (non-hydrogen) atoms. The molecule has 0 aromatic heterocycles. The predicted molar refractivity (Wildman–Crippen MR) is 107 cm³/mol. The predicted octanol–water partition coefficient (Wildman–Crippen LogP) is 2.82. The molecular formula is C21H24N2O4S. The number of sulfonamides is 1. The third kappa shape index (κ3) is 3.29. The van der Waals surface area contributed by atoms with Gasteiger partial charge >= 0.3 is 0 Å². The summed E-state index contributed by atoms with van der Waals surface area (Å²) in [5, 5.41) is 0. The molecule has 2 aliphatic rings. The lowest BCUT2D eigenvalue weighted by molar-refractivity contribution is -0.117. The highest BCUT2D eigenvalue weighted by Crippen LogP contribution is 2.43. The first-order chi connectivity index (χ1) is 13.3. The van der Waals surface area contributed by atoms with Crippen molar-refractivity contribution in [1.82, 2.24) is 4.31 Å². The number of amides is 1. The molecule has 2 aliphatic heterocycles. The van der Waals surface area contributed by atoms with Crippen molar-refractivity contribution < 1.29 is 17.9 Å².